The summed E-state index contributed by atoms with van der Waals surface area (Å²) in [6.07, 6.45) is -2.30. The number of aromatic nitrogens is 1. The number of benzene rings is 5. The number of fused-ring (bicyclic) bond motifs is 2. The first-order chi connectivity index (χ1) is 39.7. The molecule has 1 saturated heterocycles. The van der Waals surface area contributed by atoms with E-state index < -0.39 is 69.4 Å². The average molecular weight is 1220 g/mol. The number of halogens is 1. The van der Waals surface area contributed by atoms with E-state index in [0.717, 1.165) is 28.0 Å². The number of hydrogen-bond acceptors (Lipinski definition) is 20. The zero-order chi connectivity index (χ0) is 59.2. The maximum Gasteiger partial charge on any atom is 0.514 e. The van der Waals surface area contributed by atoms with Gasteiger partial charge in [-0.1, -0.05) is 120 Å². The number of nitrogens with zero attached hydrogens (tertiary/aromatic N) is 3. The minimum atomic E-state index is -1.15. The molecule has 1 fully saturated rings. The van der Waals surface area contributed by atoms with Gasteiger partial charge < -0.3 is 43.9 Å². The van der Waals surface area contributed by atoms with Crippen molar-refractivity contribution in [2.45, 2.75) is 80.5 Å². The Morgan fingerprint density at radius 1 is 0.795 bits per heavy atom. The van der Waals surface area contributed by atoms with Crippen molar-refractivity contribution in [1.29, 1.82) is 0 Å². The molecule has 2 amide bonds. The predicted molar refractivity (Wildman–Crippen MR) is 321 cm³/mol. The van der Waals surface area contributed by atoms with E-state index in [0.29, 0.717) is 26.2 Å². The lowest BCUT2D eigenvalue weighted by atomic mass is 9.77. The van der Waals surface area contributed by atoms with Gasteiger partial charge in [0.25, 0.3) is 11.8 Å². The van der Waals surface area contributed by atoms with Gasteiger partial charge in [0.1, 0.15) is 64.0 Å². The molecule has 5 aromatic carbocycles. The van der Waals surface area contributed by atoms with Gasteiger partial charge in [0, 0.05) is 28.3 Å². The van der Waals surface area contributed by atoms with Crippen LogP contribution in [0.2, 0.25) is 5.02 Å². The first kappa shape index (κ1) is 59.7. The highest BCUT2D eigenvalue weighted by atomic mass is 35.5. The molecule has 2 aromatic heterocycles. The van der Waals surface area contributed by atoms with E-state index in [1.54, 1.807) is 71.2 Å². The van der Waals surface area contributed by atoms with Crippen molar-refractivity contribution in [2.24, 2.45) is 5.16 Å². The molecule has 2 atom stereocenters. The average Bonchev–Trinajstić information content (AvgIpc) is 2.03. The summed E-state index contributed by atoms with van der Waals surface area (Å²) in [5.41, 5.74) is 0.581. The SMILES string of the molecule is CO/N=C(\C(=O)NC1C(=O)N2C(C(=O)OCc3ccc(OC)cc3)=C(CSc3cc(=O)c4cc(OC(=O)OC(C)(C)C)c(OC(=O)OC(C)(C)C)c(Cl)c4s3)CS[C@H]12)c1csc(NC(c2ccccc2)(c2ccccc2)c2ccccc2)n1. The number of thiazole rings is 1. The quantitative estimate of drug-likeness (QED) is 0.0119. The normalized spacial score (nSPS) is 15.4. The molecule has 23 heteroatoms. The van der Waals surface area contributed by atoms with E-state index >= 15 is 0 Å². The van der Waals surface area contributed by atoms with Crippen molar-refractivity contribution < 1.29 is 57.2 Å². The van der Waals surface area contributed by atoms with Gasteiger partial charge in [-0.05, 0) is 87.6 Å². The number of carbonyl (C=O) groups excluding carboxylic acids is 5. The van der Waals surface area contributed by atoms with Crippen LogP contribution in [0, 0.1) is 0 Å². The molecular weight excluding hydrogens is 1160 g/mol. The van der Waals surface area contributed by atoms with Crippen molar-refractivity contribution in [3.8, 4) is 17.2 Å². The smallest absolute Gasteiger partial charge is 0.497 e. The van der Waals surface area contributed by atoms with Crippen LogP contribution in [-0.2, 0) is 45.6 Å². The molecule has 0 radical (unpaired) electrons. The molecule has 0 bridgehead atoms. The van der Waals surface area contributed by atoms with Crippen molar-refractivity contribution in [1.82, 2.24) is 15.2 Å². The van der Waals surface area contributed by atoms with Crippen molar-refractivity contribution in [2.75, 3.05) is 31.0 Å². The Morgan fingerprint density at radius 2 is 1.39 bits per heavy atom. The van der Waals surface area contributed by atoms with Crippen LogP contribution in [0.25, 0.3) is 10.1 Å². The molecule has 2 aliphatic heterocycles. The third-order valence-electron chi connectivity index (χ3n) is 12.5. The number of methoxy groups -OCH3 is 1. The molecule has 0 saturated carbocycles. The Balaban J connectivity index is 0.984. The zero-order valence-electron chi connectivity index (χ0n) is 46.1. The molecule has 18 nitrogen and oxygen atoms in total. The number of carbonyl (C=O) groups is 5. The number of amides is 2. The van der Waals surface area contributed by atoms with Gasteiger partial charge in [0.15, 0.2) is 27.8 Å². The molecule has 1 unspecified atom stereocenters. The molecule has 7 aromatic rings. The molecule has 0 spiro atoms. The van der Waals surface area contributed by atoms with Crippen molar-refractivity contribution in [3.63, 3.8) is 0 Å². The van der Waals surface area contributed by atoms with Crippen molar-refractivity contribution >= 4 is 109 Å². The summed E-state index contributed by atoms with van der Waals surface area (Å²) in [5.74, 6) is -1.99. The largest absolute Gasteiger partial charge is 0.514 e. The lowest BCUT2D eigenvalue weighted by Crippen LogP contribution is -2.71. The Bertz CT molecular complexity index is 3600. The van der Waals surface area contributed by atoms with Crippen LogP contribution < -0.4 is 30.3 Å². The second-order valence-electron chi connectivity index (χ2n) is 20.6. The molecule has 2 aliphatic rings. The Labute approximate surface area is 499 Å². The van der Waals surface area contributed by atoms with Crippen LogP contribution in [0.15, 0.2) is 158 Å². The fraction of sp³-hybridized carbons (Fsp3) is 0.267. The predicted octanol–water partition coefficient (Wildman–Crippen LogP) is 12.0. The Morgan fingerprint density at radius 3 is 1.95 bits per heavy atom. The van der Waals surface area contributed by atoms with Gasteiger partial charge in [-0.15, -0.1) is 46.2 Å². The van der Waals surface area contributed by atoms with Gasteiger partial charge in [-0.2, -0.15) is 0 Å². The summed E-state index contributed by atoms with van der Waals surface area (Å²) in [5, 5.41) is 11.8. The number of oxime groups is 1. The fourth-order valence-corrected chi connectivity index (χ4v) is 13.7. The Kier molecular flexibility index (Phi) is 18.2. The van der Waals surface area contributed by atoms with Crippen LogP contribution in [-0.4, -0.2) is 94.0 Å². The second kappa shape index (κ2) is 25.3. The van der Waals surface area contributed by atoms with E-state index in [2.05, 4.69) is 15.8 Å². The molecule has 83 heavy (non-hydrogen) atoms. The summed E-state index contributed by atoms with van der Waals surface area (Å²) in [6, 6.07) is 38.3. The van der Waals surface area contributed by atoms with Crippen LogP contribution in [0.5, 0.6) is 17.2 Å². The summed E-state index contributed by atoms with van der Waals surface area (Å²) >= 11 is 11.8. The van der Waals surface area contributed by atoms with Crippen LogP contribution >= 0.6 is 57.8 Å². The van der Waals surface area contributed by atoms with Crippen LogP contribution in [0.4, 0.5) is 14.7 Å². The van der Waals surface area contributed by atoms with Gasteiger partial charge in [-0.3, -0.25) is 19.3 Å². The Hall–Kier alpha value is -7.89. The minimum Gasteiger partial charge on any atom is -0.497 e. The van der Waals surface area contributed by atoms with Crippen molar-refractivity contribution in [3.05, 3.63) is 187 Å². The number of thioether (sulfide) groups is 2. The van der Waals surface area contributed by atoms with Gasteiger partial charge in [0.05, 0.1) is 16.0 Å². The lowest BCUT2D eigenvalue weighted by molar-refractivity contribution is -0.153. The zero-order valence-corrected chi connectivity index (χ0v) is 50.2. The number of nitrogens with one attached hydrogen (secondary N) is 2. The minimum absolute atomic E-state index is 0.0202. The highest BCUT2D eigenvalue weighted by Gasteiger charge is 2.55. The molecule has 4 heterocycles. The van der Waals surface area contributed by atoms with Gasteiger partial charge in [0.2, 0.25) is 0 Å². The van der Waals surface area contributed by atoms with E-state index in [9.17, 15) is 28.8 Å². The second-order valence-corrected chi connectivity index (χ2v) is 25.3. The van der Waals surface area contributed by atoms with Gasteiger partial charge >= 0.3 is 18.3 Å². The molecular formula is C60H56ClN5O13S4. The molecule has 430 valence electrons. The summed E-state index contributed by atoms with van der Waals surface area (Å²) in [7, 11) is 2.84. The maximum absolute atomic E-state index is 14.5. The number of anilines is 1. The fourth-order valence-electron chi connectivity index (χ4n) is 8.91. The van der Waals surface area contributed by atoms with E-state index in [4.69, 9.17) is 49.8 Å². The van der Waals surface area contributed by atoms with Gasteiger partial charge in [-0.25, -0.2) is 19.4 Å². The third kappa shape index (κ3) is 13.6. The third-order valence-corrected chi connectivity index (χ3v) is 17.5. The monoisotopic (exact) mass is 1220 g/mol. The standard InChI is InChI=1S/C60H56ClN5O13S4/c1-58(2,3)78-56(71)76-43-28-40-42(67)29-44(83-50(40)45(61)49(43)77-57(72)79-59(4,5)6)80-31-35-32-81-53-47(52(69)66(53)48(35)54(70)75-30-34-24-26-39(73-7)27-25-34)63-51(68)46(65-74-8)41-33-82-55(62-41)64-60(36-18-12-9-13-19-36,37-20-14-10-15-21-37)38-22-16-11-17-23-38/h9-29,33,47,53H,30-32H2,1-8H3,(H,62,64)(H,63,68)/b65-46-/t47?,53-/m1/s1. The highest BCUT2D eigenvalue weighted by Crippen LogP contribution is 2.47. The highest BCUT2D eigenvalue weighted by molar-refractivity contribution is 8.02. The topological polar surface area (TPSA) is 220 Å². The number of β-lactam (4-membered cyclic amide) rings is 1. The van der Waals surface area contributed by atoms with E-state index in [1.807, 2.05) is 91.0 Å². The van der Waals surface area contributed by atoms with Crippen LogP contribution in [0.1, 0.15) is 69.5 Å². The number of esters is 1. The van der Waals surface area contributed by atoms with Crippen LogP contribution in [0.3, 0.4) is 0 Å². The summed E-state index contributed by atoms with van der Waals surface area (Å²) in [4.78, 5) is 94.4. The molecule has 2 N–H and O–H groups in total. The molecule has 9 rings (SSSR count). The number of ether oxygens (including phenoxy) is 6. The first-order valence-electron chi connectivity index (χ1n) is 25.7. The summed E-state index contributed by atoms with van der Waals surface area (Å²) in [6.45, 7) is 9.64. The summed E-state index contributed by atoms with van der Waals surface area (Å²) < 4.78 is 33.4. The maximum atomic E-state index is 14.5. The van der Waals surface area contributed by atoms with E-state index in [-0.39, 0.29) is 56.1 Å². The number of hydrogen-bond donors (Lipinski definition) is 2. The molecule has 0 aliphatic carbocycles. The lowest BCUT2D eigenvalue weighted by Gasteiger charge is -2.49. The first-order valence-corrected chi connectivity index (χ1v) is 29.8. The number of rotatable bonds is 18. The van der Waals surface area contributed by atoms with E-state index in [1.165, 1.54) is 66.1 Å².